The zero-order valence-electron chi connectivity index (χ0n) is 13.6. The summed E-state index contributed by atoms with van der Waals surface area (Å²) in [5.41, 5.74) is 0.762. The van der Waals surface area contributed by atoms with E-state index in [1.165, 1.54) is 0 Å². The maximum absolute atomic E-state index is 12.7. The molecule has 1 atom stereocenters. The van der Waals surface area contributed by atoms with Crippen LogP contribution in [0.5, 0.6) is 5.75 Å². The zero-order chi connectivity index (χ0) is 16.8. The van der Waals surface area contributed by atoms with Gasteiger partial charge in [-0.15, -0.1) is 11.3 Å². The Morgan fingerprint density at radius 3 is 3.00 bits per heavy atom. The number of aryl methyl sites for hydroxylation is 1. The number of aromatic nitrogens is 1. The minimum atomic E-state index is 0.0731. The van der Waals surface area contributed by atoms with Gasteiger partial charge in [0.1, 0.15) is 5.75 Å². The maximum Gasteiger partial charge on any atom is 0.223 e. The Hall–Kier alpha value is -1.92. The Bertz CT molecular complexity index is 654. The third-order valence-electron chi connectivity index (χ3n) is 4.19. The van der Waals surface area contributed by atoms with E-state index in [0.29, 0.717) is 25.9 Å². The molecule has 3 rings (SSSR count). The van der Waals surface area contributed by atoms with Crippen LogP contribution in [0.3, 0.4) is 0 Å². The van der Waals surface area contributed by atoms with Crippen molar-refractivity contribution in [1.82, 2.24) is 9.88 Å². The second kappa shape index (κ2) is 8.26. The maximum atomic E-state index is 12.7. The molecule has 1 saturated heterocycles. The quantitative estimate of drug-likeness (QED) is 0.837. The molecule has 0 spiro atoms. The van der Waals surface area contributed by atoms with Crippen molar-refractivity contribution in [3.63, 3.8) is 0 Å². The molecule has 2 heterocycles. The number of ether oxygens (including phenoxy) is 1. The van der Waals surface area contributed by atoms with E-state index in [0.717, 1.165) is 30.0 Å². The lowest BCUT2D eigenvalue weighted by atomic mass is 10.1. The molecule has 2 aromatic rings. The zero-order valence-corrected chi connectivity index (χ0v) is 14.4. The number of rotatable bonds is 7. The van der Waals surface area contributed by atoms with Crippen molar-refractivity contribution in [2.24, 2.45) is 0 Å². The first-order valence-corrected chi connectivity index (χ1v) is 9.15. The number of phenols is 1. The SMILES string of the molecule is O=C(CCc1nccs1)N(Cc1ccccc1O)C[C@H]1CCCO1. The minimum Gasteiger partial charge on any atom is -0.508 e. The Morgan fingerprint density at radius 1 is 1.42 bits per heavy atom. The van der Waals surface area contributed by atoms with E-state index in [1.807, 2.05) is 17.5 Å². The van der Waals surface area contributed by atoms with Crippen LogP contribution in [0.4, 0.5) is 0 Å². The van der Waals surface area contributed by atoms with Crippen LogP contribution >= 0.6 is 11.3 Å². The van der Waals surface area contributed by atoms with Gasteiger partial charge in [-0.25, -0.2) is 4.98 Å². The highest BCUT2D eigenvalue weighted by Gasteiger charge is 2.23. The summed E-state index contributed by atoms with van der Waals surface area (Å²) < 4.78 is 5.69. The Labute approximate surface area is 145 Å². The van der Waals surface area contributed by atoms with Crippen LogP contribution in [0.1, 0.15) is 29.8 Å². The van der Waals surface area contributed by atoms with Crippen molar-refractivity contribution >= 4 is 17.2 Å². The second-order valence-corrected chi connectivity index (χ2v) is 6.94. The van der Waals surface area contributed by atoms with E-state index in [9.17, 15) is 9.90 Å². The van der Waals surface area contributed by atoms with Crippen LogP contribution in [0.25, 0.3) is 0 Å². The molecule has 0 unspecified atom stereocenters. The molecule has 1 N–H and O–H groups in total. The Morgan fingerprint density at radius 2 is 2.29 bits per heavy atom. The van der Waals surface area contributed by atoms with Gasteiger partial charge in [0.2, 0.25) is 5.91 Å². The number of para-hydroxylation sites is 1. The summed E-state index contributed by atoms with van der Waals surface area (Å²) >= 11 is 1.57. The lowest BCUT2D eigenvalue weighted by Gasteiger charge is -2.26. The highest BCUT2D eigenvalue weighted by atomic mass is 32.1. The molecule has 1 aromatic carbocycles. The molecule has 1 aliphatic heterocycles. The molecule has 5 nitrogen and oxygen atoms in total. The molecule has 0 saturated carbocycles. The lowest BCUT2D eigenvalue weighted by molar-refractivity contribution is -0.133. The standard InChI is InChI=1S/C18H22N2O3S/c21-16-6-2-1-4-14(16)12-20(13-15-5-3-10-23-15)18(22)8-7-17-19-9-11-24-17/h1-2,4,6,9,11,15,21H,3,5,7-8,10,12-13H2/t15-/m1/s1. The number of carbonyl (C=O) groups excluding carboxylic acids is 1. The number of nitrogens with zero attached hydrogens (tertiary/aromatic N) is 2. The molecule has 6 heteroatoms. The normalized spacial score (nSPS) is 17.1. The Kier molecular flexibility index (Phi) is 5.82. The molecule has 1 amide bonds. The van der Waals surface area contributed by atoms with E-state index in [1.54, 1.807) is 34.6 Å². The topological polar surface area (TPSA) is 62.7 Å². The summed E-state index contributed by atoms with van der Waals surface area (Å²) in [6.45, 7) is 1.75. The van der Waals surface area contributed by atoms with E-state index >= 15 is 0 Å². The van der Waals surface area contributed by atoms with Gasteiger partial charge in [0, 0.05) is 49.7 Å². The van der Waals surface area contributed by atoms with Crippen molar-refractivity contribution < 1.29 is 14.6 Å². The highest BCUT2D eigenvalue weighted by Crippen LogP contribution is 2.21. The highest BCUT2D eigenvalue weighted by molar-refractivity contribution is 7.09. The molecule has 128 valence electrons. The average molecular weight is 346 g/mol. The van der Waals surface area contributed by atoms with Crippen LogP contribution in [-0.4, -0.2) is 40.2 Å². The van der Waals surface area contributed by atoms with Crippen LogP contribution in [0.15, 0.2) is 35.8 Å². The van der Waals surface area contributed by atoms with Gasteiger partial charge in [0.25, 0.3) is 0 Å². The van der Waals surface area contributed by atoms with Crippen molar-refractivity contribution in [3.05, 3.63) is 46.4 Å². The first-order valence-electron chi connectivity index (χ1n) is 8.27. The van der Waals surface area contributed by atoms with Crippen LogP contribution in [-0.2, 0) is 22.5 Å². The van der Waals surface area contributed by atoms with E-state index < -0.39 is 0 Å². The third kappa shape index (κ3) is 4.55. The van der Waals surface area contributed by atoms with E-state index in [-0.39, 0.29) is 17.8 Å². The smallest absolute Gasteiger partial charge is 0.223 e. The van der Waals surface area contributed by atoms with Gasteiger partial charge in [-0.2, -0.15) is 0 Å². The second-order valence-electron chi connectivity index (χ2n) is 5.96. The molecular formula is C18H22N2O3S. The lowest BCUT2D eigenvalue weighted by Crippen LogP contribution is -2.37. The van der Waals surface area contributed by atoms with Crippen molar-refractivity contribution in [3.8, 4) is 5.75 Å². The predicted octanol–water partition coefficient (Wildman–Crippen LogP) is 2.99. The summed E-state index contributed by atoms with van der Waals surface area (Å²) in [5.74, 6) is 0.298. The fourth-order valence-electron chi connectivity index (χ4n) is 2.89. The van der Waals surface area contributed by atoms with E-state index in [4.69, 9.17) is 4.74 Å². The van der Waals surface area contributed by atoms with Gasteiger partial charge in [0.15, 0.2) is 0 Å². The molecule has 24 heavy (non-hydrogen) atoms. The number of hydrogen-bond acceptors (Lipinski definition) is 5. The Balaban J connectivity index is 1.66. The van der Waals surface area contributed by atoms with Gasteiger partial charge < -0.3 is 14.7 Å². The molecule has 0 radical (unpaired) electrons. The molecular weight excluding hydrogens is 324 g/mol. The number of phenolic OH excluding ortho intramolecular Hbond substituents is 1. The van der Waals surface area contributed by atoms with Crippen molar-refractivity contribution in [2.75, 3.05) is 13.2 Å². The third-order valence-corrected chi connectivity index (χ3v) is 5.03. The minimum absolute atomic E-state index is 0.0731. The predicted molar refractivity (Wildman–Crippen MR) is 92.9 cm³/mol. The van der Waals surface area contributed by atoms with Crippen LogP contribution < -0.4 is 0 Å². The monoisotopic (exact) mass is 346 g/mol. The first-order chi connectivity index (χ1) is 11.7. The molecule has 1 aromatic heterocycles. The van der Waals surface area contributed by atoms with Gasteiger partial charge >= 0.3 is 0 Å². The van der Waals surface area contributed by atoms with Crippen molar-refractivity contribution in [1.29, 1.82) is 0 Å². The largest absolute Gasteiger partial charge is 0.508 e. The van der Waals surface area contributed by atoms with Gasteiger partial charge in [0.05, 0.1) is 11.1 Å². The molecule has 0 bridgehead atoms. The average Bonchev–Trinajstić information content (AvgIpc) is 3.27. The van der Waals surface area contributed by atoms with Crippen molar-refractivity contribution in [2.45, 2.75) is 38.3 Å². The van der Waals surface area contributed by atoms with Gasteiger partial charge in [-0.05, 0) is 18.9 Å². The van der Waals surface area contributed by atoms with Gasteiger partial charge in [-0.1, -0.05) is 18.2 Å². The summed E-state index contributed by atoms with van der Waals surface area (Å²) in [6.07, 6.45) is 4.96. The number of aromatic hydroxyl groups is 1. The molecule has 0 aliphatic carbocycles. The number of thiazole rings is 1. The number of hydrogen-bond donors (Lipinski definition) is 1. The summed E-state index contributed by atoms with van der Waals surface area (Å²) in [5, 5.41) is 12.9. The number of benzene rings is 1. The first kappa shape index (κ1) is 16.9. The summed E-state index contributed by atoms with van der Waals surface area (Å²) in [6, 6.07) is 7.17. The summed E-state index contributed by atoms with van der Waals surface area (Å²) in [7, 11) is 0. The fourth-order valence-corrected chi connectivity index (χ4v) is 3.51. The fraction of sp³-hybridized carbons (Fsp3) is 0.444. The van der Waals surface area contributed by atoms with Crippen LogP contribution in [0.2, 0.25) is 0 Å². The van der Waals surface area contributed by atoms with Crippen LogP contribution in [0, 0.1) is 0 Å². The molecule has 1 fully saturated rings. The summed E-state index contributed by atoms with van der Waals surface area (Å²) in [4.78, 5) is 18.7. The molecule has 1 aliphatic rings. The number of carbonyl (C=O) groups is 1. The number of amides is 1. The van der Waals surface area contributed by atoms with E-state index in [2.05, 4.69) is 4.98 Å². The van der Waals surface area contributed by atoms with Gasteiger partial charge in [-0.3, -0.25) is 4.79 Å².